The zero-order chi connectivity index (χ0) is 73.5. The number of unbranched alkanes of at least 4 members (excludes halogenated alkanes) is 4. The van der Waals surface area contributed by atoms with E-state index in [0.717, 1.165) is 14.7 Å². The Hall–Kier alpha value is -2.79. The minimum absolute atomic E-state index is 0. The molecule has 9 unspecified atom stereocenters. The van der Waals surface area contributed by atoms with Gasteiger partial charge in [-0.25, -0.2) is 19.5 Å². The summed E-state index contributed by atoms with van der Waals surface area (Å²) in [7, 11) is -1.43. The van der Waals surface area contributed by atoms with E-state index in [1.165, 1.54) is 95.9 Å². The number of ether oxygens (including phenoxy) is 9. The highest BCUT2D eigenvalue weighted by atomic mass is 35.5. The van der Waals surface area contributed by atoms with Gasteiger partial charge in [-0.15, -0.1) is 0 Å². The molecule has 5 N–H and O–H groups in total. The van der Waals surface area contributed by atoms with Gasteiger partial charge >= 0.3 is 36.6 Å². The third-order valence-electron chi connectivity index (χ3n) is 11.0. The molecule has 1 heterocycles. The summed E-state index contributed by atoms with van der Waals surface area (Å²) in [5.74, 6) is -0.704. The van der Waals surface area contributed by atoms with Crippen LogP contribution in [-0.2, 0) is 75.1 Å². The summed E-state index contributed by atoms with van der Waals surface area (Å²) < 4.78 is 62.0. The smallest absolute Gasteiger partial charge is 0.508 e. The molecule has 1 rings (SSSR count). The van der Waals surface area contributed by atoms with Crippen LogP contribution >= 0.6 is 17.0 Å². The van der Waals surface area contributed by atoms with Gasteiger partial charge in [0.05, 0.1) is 88.4 Å². The molecule has 582 valence electrons. The molecule has 0 spiro atoms. The van der Waals surface area contributed by atoms with Gasteiger partial charge in [0.25, 0.3) is 0 Å². The third-order valence-corrected chi connectivity index (χ3v) is 14.1. The molecule has 0 bridgehead atoms. The minimum atomic E-state index is -1.63. The van der Waals surface area contributed by atoms with Crippen LogP contribution in [0.2, 0.25) is 58.9 Å². The first-order valence-corrected chi connectivity index (χ1v) is 45.2. The Bertz CT molecular complexity index is 1850. The second-order valence-corrected chi connectivity index (χ2v) is 42.3. The average Bonchev–Trinajstić information content (AvgIpc) is 1.41. The lowest BCUT2D eigenvalue weighted by atomic mass is 9.97. The summed E-state index contributed by atoms with van der Waals surface area (Å²) >= 11 is 0. The highest BCUT2D eigenvalue weighted by molar-refractivity contribution is 7.95. The van der Waals surface area contributed by atoms with E-state index in [0.29, 0.717) is 25.9 Å². The van der Waals surface area contributed by atoms with Crippen molar-refractivity contribution in [1.29, 1.82) is 0 Å². The molecule has 0 radical (unpaired) electrons. The molecule has 31 heteroatoms. The van der Waals surface area contributed by atoms with Crippen molar-refractivity contribution in [2.45, 2.75) is 299 Å². The molecule has 0 aliphatic carbocycles. The molecule has 96 heavy (non-hydrogen) atoms. The number of hydrogen-bond donors (Lipinski definition) is 4. The van der Waals surface area contributed by atoms with Gasteiger partial charge < -0.3 is 92.8 Å². The molecule has 0 amide bonds. The normalized spacial score (nSPS) is 14.3. The van der Waals surface area contributed by atoms with Crippen molar-refractivity contribution in [3.63, 3.8) is 0 Å². The van der Waals surface area contributed by atoms with Crippen molar-refractivity contribution in [2.24, 2.45) is 10.8 Å². The first-order valence-electron chi connectivity index (χ1n) is 32.4. The monoisotopic (exact) mass is 1500 g/mol. The van der Waals surface area contributed by atoms with Crippen molar-refractivity contribution in [1.82, 2.24) is 0 Å². The number of carbonyl (C=O) groups is 5. The predicted octanol–water partition coefficient (Wildman–Crippen LogP) is 7.61. The number of quaternary nitrogens is 1. The van der Waals surface area contributed by atoms with Crippen LogP contribution in [0.25, 0.3) is 0 Å². The maximum Gasteiger partial charge on any atom is 0.508 e. The second kappa shape index (κ2) is 68.0. The van der Waals surface area contributed by atoms with Crippen molar-refractivity contribution in [3.05, 3.63) is 0 Å². The Balaban J connectivity index is -0.000000101. The van der Waals surface area contributed by atoms with Crippen LogP contribution < -0.4 is 22.3 Å². The van der Waals surface area contributed by atoms with E-state index in [4.69, 9.17) is 76.5 Å². The number of halogens is 2. The average molecular weight is 1510 g/mol. The topological polar surface area (TPSA) is 320 Å². The molecule has 1 aliphatic heterocycles. The van der Waals surface area contributed by atoms with E-state index in [2.05, 4.69) is 112 Å². The SMILES string of the molecule is C.C.CC(CO)OC(=O)OCC(C)OC(=O)C(C)(C)C.CC(CO[Si](C)(C)C)OC(=O)OCC(C)OC(=O)C(C)(C)C.CC(O)COC(=O)OC(C)CO[Si](C)(C)C.CC(O)CO[Si](C)(C)C.CC1CO1.CCCC[N+](CCCC)(CCCC)CCCC.O=C=O.[Cl-].[F-].[NH2+]=PP. The van der Waals surface area contributed by atoms with Crippen LogP contribution in [-0.4, -0.2) is 209 Å². The van der Waals surface area contributed by atoms with E-state index < -0.39 is 78.7 Å². The Kier molecular flexibility index (Phi) is 83.1. The fourth-order valence-corrected chi connectivity index (χ4v) is 8.10. The van der Waals surface area contributed by atoms with Crippen LogP contribution in [0.1, 0.15) is 191 Å². The molecule has 9 atom stereocenters. The van der Waals surface area contributed by atoms with Gasteiger partial charge in [-0.05, 0) is 190 Å². The molecule has 0 aromatic rings. The molecule has 1 fully saturated rings. The van der Waals surface area contributed by atoms with Gasteiger partial charge in [-0.1, -0.05) is 68.2 Å². The lowest BCUT2D eigenvalue weighted by molar-refractivity contribution is -0.929. The number of aliphatic hydroxyl groups excluding tert-OH is 3. The van der Waals surface area contributed by atoms with Crippen molar-refractivity contribution >= 4 is 78.5 Å². The van der Waals surface area contributed by atoms with Crippen LogP contribution in [0.3, 0.4) is 0 Å². The summed E-state index contributed by atoms with van der Waals surface area (Å²) in [5, 5.41) is 31.2. The van der Waals surface area contributed by atoms with E-state index >= 15 is 0 Å². The number of aliphatic hydroxyl groups is 3. The molecule has 1 aliphatic rings. The lowest BCUT2D eigenvalue weighted by Gasteiger charge is -2.39. The van der Waals surface area contributed by atoms with Gasteiger partial charge in [0, 0.05) is 0 Å². The summed E-state index contributed by atoms with van der Waals surface area (Å²) in [6.07, 6.45) is 6.03. The molecular weight excluding hydrogens is 1360 g/mol. The van der Waals surface area contributed by atoms with Crippen molar-refractivity contribution < 1.29 is 132 Å². The van der Waals surface area contributed by atoms with Crippen LogP contribution in [0.4, 0.5) is 14.4 Å². The van der Waals surface area contributed by atoms with Gasteiger partial charge in [-0.3, -0.25) is 9.59 Å². The number of nitrogens with zero attached hydrogens (tertiary/aromatic N) is 1. The van der Waals surface area contributed by atoms with Crippen molar-refractivity contribution in [3.8, 4) is 0 Å². The van der Waals surface area contributed by atoms with Crippen LogP contribution in [0, 0.1) is 10.8 Å². The second-order valence-electron chi connectivity index (χ2n) is 27.6. The summed E-state index contributed by atoms with van der Waals surface area (Å²) in [4.78, 5) is 73.2. The Morgan fingerprint density at radius 3 is 0.938 bits per heavy atom. The molecule has 0 aromatic heterocycles. The third kappa shape index (κ3) is 97.6. The number of rotatable bonds is 33. The largest absolute Gasteiger partial charge is 1.00 e. The fourth-order valence-electron chi connectivity index (χ4n) is 5.89. The number of epoxide rings is 1. The van der Waals surface area contributed by atoms with Gasteiger partial charge in [0.1, 0.15) is 50.3 Å². The lowest BCUT2D eigenvalue weighted by Crippen LogP contribution is -3.00. The van der Waals surface area contributed by atoms with Crippen LogP contribution in [0.15, 0.2) is 0 Å². The fraction of sp³-hybridized carbons (Fsp3) is 0.908. The minimum Gasteiger partial charge on any atom is -1.00 e. The molecule has 0 saturated carbocycles. The van der Waals surface area contributed by atoms with Gasteiger partial charge in [-0.2, -0.15) is 9.59 Å². The standard InChI is InChI=1S/C16H36N.C15H30O6Si.C12H22O6.C10H22O5Si.C6H16O2Si.C3H6O.CO2.2CH4.ClH.FH.H3NP2/c1-5-9-13-17(14-10-6-2,15-11-7-3)16-12-8-4;1-11(20-13(16)15(3,4)5)9-18-14(17)21-12(2)10-19-22(6,7)8;1-8(6-13)18-11(15)16-7-9(2)17-10(14)12(3,4)5;1-8(11)6-13-10(12)15-9(2)7-14-16(3,4)5;1-6(7)5-8-9(2,3)4;1-3-2-4-3;2-1-3;;;;;1-3-2/h5-16H2,1-4H3;11-12H,9-10H2,1-8H3;8-9,13H,6-7H2,1-5H3;8-9,11H,6-7H2,1-5H3;6-7H,5H2,1-4H3;3H,2H2,1H3;;2*1H4;2*1H;1H,2H2/q+1;;;;;;;;;;;/p-1. The molecule has 24 nitrogen and oxygen atoms in total. The summed E-state index contributed by atoms with van der Waals surface area (Å²) in [5.41, 5.74) is -1.18. The van der Waals surface area contributed by atoms with E-state index in [1.54, 1.807) is 76.2 Å². The maximum atomic E-state index is 11.7. The zero-order valence-corrected chi connectivity index (χ0v) is 69.0. The predicted molar refractivity (Wildman–Crippen MR) is 386 cm³/mol. The highest BCUT2D eigenvalue weighted by Gasteiger charge is 2.28. The number of carbonyl (C=O) groups excluding carboxylic acids is 7. The highest BCUT2D eigenvalue weighted by Crippen LogP contribution is 2.19. The van der Waals surface area contributed by atoms with Crippen molar-refractivity contribution in [2.75, 3.05) is 79.0 Å². The molecule has 0 aromatic carbocycles. The van der Waals surface area contributed by atoms with E-state index in [-0.39, 0.29) is 94.8 Å². The number of nitrogens with two attached hydrogens (primary N) is 1. The zero-order valence-electron chi connectivity index (χ0n) is 63.2. The van der Waals surface area contributed by atoms with Crippen LogP contribution in [0.5, 0.6) is 0 Å². The van der Waals surface area contributed by atoms with E-state index in [1.807, 2.05) is 0 Å². The van der Waals surface area contributed by atoms with Gasteiger partial charge in [0.15, 0.2) is 25.0 Å². The van der Waals surface area contributed by atoms with Gasteiger partial charge in [0.2, 0.25) is 8.06 Å². The Morgan fingerprint density at radius 1 is 0.531 bits per heavy atom. The maximum absolute atomic E-state index is 11.7. The Morgan fingerprint density at radius 2 is 0.750 bits per heavy atom. The first kappa shape index (κ1) is 117. The first-order chi connectivity index (χ1) is 42.1. The summed E-state index contributed by atoms with van der Waals surface area (Å²) in [6, 6.07) is 0. The number of esters is 2. The number of hydrogen-bond acceptors (Lipinski definition) is 22. The molecule has 1 saturated heterocycles. The Labute approximate surface area is 595 Å². The quantitative estimate of drug-likeness (QED) is 0.0123. The van der Waals surface area contributed by atoms with E-state index in [9.17, 15) is 24.0 Å². The molecular formula is C65H144ClFN2O22P2Si3. The summed E-state index contributed by atoms with van der Waals surface area (Å²) in [6.45, 7) is 59.5.